The van der Waals surface area contributed by atoms with Gasteiger partial charge in [-0.05, 0) is 48.4 Å². The number of hydrogen-bond acceptors (Lipinski definition) is 10. The van der Waals surface area contributed by atoms with Gasteiger partial charge in [0, 0.05) is 50.2 Å². The molecule has 44 heavy (non-hydrogen) atoms. The van der Waals surface area contributed by atoms with Crippen molar-refractivity contribution in [3.05, 3.63) is 103 Å². The summed E-state index contributed by atoms with van der Waals surface area (Å²) in [7, 11) is 0. The number of nitrogens with zero attached hydrogens (tertiary/aromatic N) is 10. The first kappa shape index (κ1) is 27.1. The van der Waals surface area contributed by atoms with Crippen LogP contribution in [0.5, 0.6) is 0 Å². The molecule has 11 nitrogen and oxygen atoms in total. The molecule has 0 radical (unpaired) electrons. The number of fused-ring (bicyclic) bond motifs is 1. The summed E-state index contributed by atoms with van der Waals surface area (Å²) in [4.78, 5) is 31.4. The molecule has 1 aliphatic rings. The van der Waals surface area contributed by atoms with E-state index in [4.69, 9.17) is 21.0 Å². The van der Waals surface area contributed by atoms with E-state index in [1.807, 2.05) is 48.5 Å². The maximum absolute atomic E-state index is 9.15. The summed E-state index contributed by atoms with van der Waals surface area (Å²) < 4.78 is 2.06. The van der Waals surface area contributed by atoms with Crippen molar-refractivity contribution < 1.29 is 0 Å². The average Bonchev–Trinajstić information content (AvgIpc) is 3.29. The van der Waals surface area contributed by atoms with Crippen LogP contribution in [0.1, 0.15) is 17.8 Å². The molecule has 216 valence electrons. The maximum Gasteiger partial charge on any atom is 0.236 e. The SMILES string of the molecule is N#Cc1ncnc(N2CCCN(Cc3ccc(-n4c(-c5cccnc5N)nc5ccc(-c6ccccc6)nc54)cc3)CC2)n1. The molecule has 5 heterocycles. The Labute approximate surface area is 254 Å². The van der Waals surface area contributed by atoms with Crippen molar-refractivity contribution in [2.75, 3.05) is 36.8 Å². The minimum absolute atomic E-state index is 0.141. The second-order valence-corrected chi connectivity index (χ2v) is 10.6. The number of nitrogen functional groups attached to an aromatic ring is 1. The van der Waals surface area contributed by atoms with Gasteiger partial charge in [-0.25, -0.2) is 24.9 Å². The number of rotatable bonds is 6. The highest BCUT2D eigenvalue weighted by Crippen LogP contribution is 2.32. The smallest absolute Gasteiger partial charge is 0.236 e. The molecule has 0 bridgehead atoms. The lowest BCUT2D eigenvalue weighted by atomic mass is 10.1. The van der Waals surface area contributed by atoms with E-state index >= 15 is 0 Å². The fraction of sp³-hybridized carbons (Fsp3) is 0.182. The van der Waals surface area contributed by atoms with Gasteiger partial charge in [0.15, 0.2) is 11.5 Å². The minimum Gasteiger partial charge on any atom is -0.383 e. The lowest BCUT2D eigenvalue weighted by Crippen LogP contribution is -2.31. The maximum atomic E-state index is 9.15. The molecule has 0 spiro atoms. The quantitative estimate of drug-likeness (QED) is 0.300. The Bertz CT molecular complexity index is 1960. The zero-order valence-corrected chi connectivity index (χ0v) is 24.0. The molecule has 0 unspecified atom stereocenters. The van der Waals surface area contributed by atoms with E-state index < -0.39 is 0 Å². The number of hydrogen-bond donors (Lipinski definition) is 1. The summed E-state index contributed by atoms with van der Waals surface area (Å²) in [5, 5.41) is 9.15. The van der Waals surface area contributed by atoms with Crippen molar-refractivity contribution in [3.8, 4) is 34.4 Å². The highest BCUT2D eigenvalue weighted by molar-refractivity contribution is 5.84. The van der Waals surface area contributed by atoms with Gasteiger partial charge in [0.25, 0.3) is 0 Å². The van der Waals surface area contributed by atoms with Gasteiger partial charge in [0.1, 0.15) is 23.7 Å². The number of anilines is 2. The molecule has 1 fully saturated rings. The van der Waals surface area contributed by atoms with E-state index in [9.17, 15) is 0 Å². The Morgan fingerprint density at radius 2 is 1.66 bits per heavy atom. The number of benzene rings is 2. The standard InChI is InChI=1S/C33H29N11/c34-20-29-37-22-38-33(41-29)43-17-5-16-42(18-19-43)21-23-9-11-25(12-10-23)44-31(26-8-4-15-36-30(26)35)40-28-14-13-27(39-32(28)44)24-6-2-1-3-7-24/h1-4,6-15,22H,5,16-19,21H2,(H2,35,36). The largest absolute Gasteiger partial charge is 0.383 e. The van der Waals surface area contributed by atoms with Crippen LogP contribution in [0.2, 0.25) is 0 Å². The number of pyridine rings is 2. The van der Waals surface area contributed by atoms with Gasteiger partial charge >= 0.3 is 0 Å². The minimum atomic E-state index is 0.141. The van der Waals surface area contributed by atoms with Crippen LogP contribution in [0.4, 0.5) is 11.8 Å². The van der Waals surface area contributed by atoms with E-state index in [-0.39, 0.29) is 5.82 Å². The van der Waals surface area contributed by atoms with Gasteiger partial charge in [-0.1, -0.05) is 42.5 Å². The Balaban J connectivity index is 1.17. The van der Waals surface area contributed by atoms with Gasteiger partial charge in [-0.2, -0.15) is 10.2 Å². The summed E-state index contributed by atoms with van der Waals surface area (Å²) in [6, 6.07) is 28.5. The van der Waals surface area contributed by atoms with Crippen LogP contribution in [-0.4, -0.2) is 65.5 Å². The third kappa shape index (κ3) is 5.42. The van der Waals surface area contributed by atoms with Crippen molar-refractivity contribution in [1.82, 2.24) is 39.4 Å². The van der Waals surface area contributed by atoms with E-state index in [0.29, 0.717) is 17.6 Å². The number of nitriles is 1. The van der Waals surface area contributed by atoms with Crippen LogP contribution in [0.15, 0.2) is 91.4 Å². The molecule has 0 aliphatic carbocycles. The van der Waals surface area contributed by atoms with Gasteiger partial charge in [0.2, 0.25) is 11.8 Å². The Morgan fingerprint density at radius 1 is 0.795 bits per heavy atom. The zero-order valence-electron chi connectivity index (χ0n) is 24.0. The summed E-state index contributed by atoms with van der Waals surface area (Å²) in [5.74, 6) is 1.81. The third-order valence-electron chi connectivity index (χ3n) is 7.78. The van der Waals surface area contributed by atoms with E-state index in [1.54, 1.807) is 6.20 Å². The van der Waals surface area contributed by atoms with Crippen molar-refractivity contribution in [2.45, 2.75) is 13.0 Å². The molecule has 4 aromatic heterocycles. The van der Waals surface area contributed by atoms with Crippen LogP contribution in [0.3, 0.4) is 0 Å². The fourth-order valence-corrected chi connectivity index (χ4v) is 5.59. The Morgan fingerprint density at radius 3 is 2.48 bits per heavy atom. The highest BCUT2D eigenvalue weighted by Gasteiger charge is 2.20. The molecule has 7 rings (SSSR count). The van der Waals surface area contributed by atoms with E-state index in [0.717, 1.165) is 72.8 Å². The van der Waals surface area contributed by atoms with Gasteiger partial charge in [-0.15, -0.1) is 0 Å². The molecule has 0 atom stereocenters. The fourth-order valence-electron chi connectivity index (χ4n) is 5.59. The second kappa shape index (κ2) is 11.9. The molecule has 1 saturated heterocycles. The lowest BCUT2D eigenvalue weighted by Gasteiger charge is -2.22. The molecule has 1 aliphatic heterocycles. The van der Waals surface area contributed by atoms with Crippen LogP contribution < -0.4 is 10.6 Å². The predicted octanol–water partition coefficient (Wildman–Crippen LogP) is 4.50. The summed E-state index contributed by atoms with van der Waals surface area (Å²) in [6.07, 6.45) is 4.06. The summed E-state index contributed by atoms with van der Waals surface area (Å²) >= 11 is 0. The molecule has 6 aromatic rings. The second-order valence-electron chi connectivity index (χ2n) is 10.6. The highest BCUT2D eigenvalue weighted by atomic mass is 15.3. The molecule has 11 heteroatoms. The van der Waals surface area contributed by atoms with Crippen molar-refractivity contribution in [1.29, 1.82) is 5.26 Å². The lowest BCUT2D eigenvalue weighted by molar-refractivity contribution is 0.285. The topological polar surface area (TPSA) is 139 Å². The summed E-state index contributed by atoms with van der Waals surface area (Å²) in [6.45, 7) is 4.24. The molecular formula is C33H29N11. The Kier molecular flexibility index (Phi) is 7.32. The normalized spacial score (nSPS) is 13.9. The zero-order chi connectivity index (χ0) is 29.9. The van der Waals surface area contributed by atoms with Gasteiger partial charge < -0.3 is 10.6 Å². The number of aromatic nitrogens is 7. The first-order valence-electron chi connectivity index (χ1n) is 14.5. The molecule has 2 aromatic carbocycles. The van der Waals surface area contributed by atoms with Crippen LogP contribution in [0.25, 0.3) is 39.5 Å². The van der Waals surface area contributed by atoms with Gasteiger partial charge in [-0.3, -0.25) is 9.47 Å². The Hall–Kier alpha value is -5.73. The monoisotopic (exact) mass is 579 g/mol. The number of nitrogens with two attached hydrogens (primary N) is 1. The molecular weight excluding hydrogens is 550 g/mol. The van der Waals surface area contributed by atoms with Gasteiger partial charge in [0.05, 0.1) is 11.3 Å². The van der Waals surface area contributed by atoms with Crippen molar-refractivity contribution >= 4 is 22.9 Å². The van der Waals surface area contributed by atoms with Crippen LogP contribution in [-0.2, 0) is 6.54 Å². The van der Waals surface area contributed by atoms with Crippen LogP contribution >= 0.6 is 0 Å². The summed E-state index contributed by atoms with van der Waals surface area (Å²) in [5.41, 5.74) is 12.7. The predicted molar refractivity (Wildman–Crippen MR) is 169 cm³/mol. The van der Waals surface area contributed by atoms with E-state index in [1.165, 1.54) is 11.9 Å². The van der Waals surface area contributed by atoms with Crippen molar-refractivity contribution in [2.24, 2.45) is 0 Å². The molecule has 0 saturated carbocycles. The first-order valence-corrected chi connectivity index (χ1v) is 14.5. The molecule has 2 N–H and O–H groups in total. The third-order valence-corrected chi connectivity index (χ3v) is 7.78. The van der Waals surface area contributed by atoms with Crippen molar-refractivity contribution in [3.63, 3.8) is 0 Å². The molecule has 0 amide bonds. The average molecular weight is 580 g/mol. The number of imidazole rings is 1. The van der Waals surface area contributed by atoms with Crippen LogP contribution in [0, 0.1) is 11.3 Å². The first-order chi connectivity index (χ1) is 21.7. The van der Waals surface area contributed by atoms with E-state index in [2.05, 4.69) is 70.7 Å².